The highest BCUT2D eigenvalue weighted by Gasteiger charge is 2.33. The molecule has 0 bridgehead atoms. The zero-order chi connectivity index (χ0) is 22.7. The molecule has 0 N–H and O–H groups in total. The van der Waals surface area contributed by atoms with Crippen LogP contribution in [0.25, 0.3) is 0 Å². The number of para-hydroxylation sites is 1. The van der Waals surface area contributed by atoms with Crippen molar-refractivity contribution in [3.63, 3.8) is 0 Å². The van der Waals surface area contributed by atoms with Gasteiger partial charge in [-0.3, -0.25) is 4.90 Å². The molecule has 0 saturated carbocycles. The Morgan fingerprint density at radius 3 is 2.03 bits per heavy atom. The average molecular weight is 574 g/mol. The number of hydrogen-bond donors (Lipinski definition) is 0. The Hall–Kier alpha value is -0.870. The van der Waals surface area contributed by atoms with Crippen LogP contribution < -0.4 is 4.90 Å². The van der Waals surface area contributed by atoms with Gasteiger partial charge in [-0.25, -0.2) is 0 Å². The van der Waals surface area contributed by atoms with Crippen LogP contribution in [0.5, 0.6) is 0 Å². The van der Waals surface area contributed by atoms with Gasteiger partial charge in [-0.05, 0) is 57.4 Å². The van der Waals surface area contributed by atoms with Crippen molar-refractivity contribution in [2.45, 2.75) is 22.4 Å². The quantitative estimate of drug-likeness (QED) is 0.393. The largest absolute Gasteiger partial charge is 0.416 e. The summed E-state index contributed by atoms with van der Waals surface area (Å²) < 4.78 is 40.1. The zero-order valence-corrected chi connectivity index (χ0v) is 23.2. The first-order chi connectivity index (χ1) is 15.3. The smallest absolute Gasteiger partial charge is 0.340 e. The van der Waals surface area contributed by atoms with Crippen molar-refractivity contribution in [3.8, 4) is 0 Å². The Labute approximate surface area is 229 Å². The molecule has 2 aliphatic heterocycles. The predicted octanol–water partition coefficient (Wildman–Crippen LogP) is 6.14. The van der Waals surface area contributed by atoms with Crippen LogP contribution in [0.3, 0.4) is 0 Å². The number of rotatable bonds is 7. The molecule has 2 heterocycles. The van der Waals surface area contributed by atoms with E-state index in [1.54, 1.807) is 17.8 Å². The molecule has 0 aromatic heterocycles. The highest BCUT2D eigenvalue weighted by atomic mass is 35.5. The number of anilines is 2. The van der Waals surface area contributed by atoms with Gasteiger partial charge in [0, 0.05) is 55.6 Å². The number of fused-ring (bicyclic) bond motifs is 2. The number of likely N-dealkylation sites (N-methyl/N-ethyl adjacent to an activating group) is 1. The summed E-state index contributed by atoms with van der Waals surface area (Å²) in [6.45, 7) is 8.09. The molecule has 1 saturated heterocycles. The van der Waals surface area contributed by atoms with Crippen molar-refractivity contribution >= 4 is 60.4 Å². The molecule has 4 rings (SSSR count). The van der Waals surface area contributed by atoms with Gasteiger partial charge in [-0.15, -0.1) is 37.2 Å². The minimum Gasteiger partial charge on any atom is -0.340 e. The van der Waals surface area contributed by atoms with E-state index >= 15 is 0 Å². The molecule has 2 aromatic carbocycles. The maximum atomic E-state index is 13.4. The summed E-state index contributed by atoms with van der Waals surface area (Å²) in [6, 6.07) is 12.1. The zero-order valence-electron chi connectivity index (χ0n) is 20.0. The first-order valence-corrected chi connectivity index (χ1v) is 12.0. The van der Waals surface area contributed by atoms with Gasteiger partial charge >= 0.3 is 6.18 Å². The number of benzene rings is 2. The van der Waals surface area contributed by atoms with E-state index in [0.29, 0.717) is 12.2 Å². The molecule has 0 aliphatic carbocycles. The topological polar surface area (TPSA) is 13.0 Å². The van der Waals surface area contributed by atoms with Gasteiger partial charge < -0.3 is 14.7 Å². The molecule has 198 valence electrons. The van der Waals surface area contributed by atoms with E-state index in [4.69, 9.17) is 0 Å². The van der Waals surface area contributed by atoms with Gasteiger partial charge in [0.25, 0.3) is 0 Å². The van der Waals surface area contributed by atoms with E-state index in [1.807, 2.05) is 24.3 Å². The molecule has 0 unspecified atom stereocenters. The van der Waals surface area contributed by atoms with Crippen molar-refractivity contribution in [2.75, 3.05) is 71.4 Å². The Bertz CT molecular complexity index is 925. The maximum Gasteiger partial charge on any atom is 0.416 e. The van der Waals surface area contributed by atoms with Crippen molar-refractivity contribution in [1.29, 1.82) is 0 Å². The van der Waals surface area contributed by atoms with Crippen LogP contribution in [0.1, 0.15) is 12.0 Å². The number of piperazine rings is 1. The molecule has 11 heteroatoms. The second kappa shape index (κ2) is 14.2. The van der Waals surface area contributed by atoms with Crippen LogP contribution in [-0.2, 0) is 6.18 Å². The molecule has 2 aliphatic rings. The van der Waals surface area contributed by atoms with Crippen LogP contribution >= 0.6 is 49.0 Å². The monoisotopic (exact) mass is 572 g/mol. The lowest BCUT2D eigenvalue weighted by atomic mass is 10.1. The van der Waals surface area contributed by atoms with Crippen LogP contribution in [0.4, 0.5) is 24.5 Å². The lowest BCUT2D eigenvalue weighted by molar-refractivity contribution is -0.137. The van der Waals surface area contributed by atoms with Crippen LogP contribution in [0.2, 0.25) is 0 Å². The van der Waals surface area contributed by atoms with Crippen molar-refractivity contribution in [3.05, 3.63) is 48.0 Å². The van der Waals surface area contributed by atoms with E-state index in [-0.39, 0.29) is 37.2 Å². The van der Waals surface area contributed by atoms with Gasteiger partial charge in [0.15, 0.2) is 0 Å². The number of halogens is 6. The van der Waals surface area contributed by atoms with E-state index < -0.39 is 11.7 Å². The van der Waals surface area contributed by atoms with Gasteiger partial charge in [0.1, 0.15) is 0 Å². The summed E-state index contributed by atoms with van der Waals surface area (Å²) in [5.74, 6) is 0. The maximum absolute atomic E-state index is 13.4. The molecule has 0 spiro atoms. The van der Waals surface area contributed by atoms with Gasteiger partial charge in [-0.2, -0.15) is 13.2 Å². The number of nitrogens with zero attached hydrogens (tertiary/aromatic N) is 4. The standard InChI is InChI=1S/C24H31F3N4S.3ClH/c1-28(2)12-13-30-16-14-29(15-17-30)10-5-11-31-20-6-3-4-7-22(20)32-23-9-8-19(18-21(23)31)24(25,26)27;;;/h3-4,6-9,18H,5,10-17H2,1-2H3;3*1H. The van der Waals surface area contributed by atoms with Crippen LogP contribution in [0, 0.1) is 0 Å². The third-order valence-corrected chi connectivity index (χ3v) is 7.27. The summed E-state index contributed by atoms with van der Waals surface area (Å²) in [4.78, 5) is 11.2. The molecule has 35 heavy (non-hydrogen) atoms. The van der Waals surface area contributed by atoms with E-state index in [9.17, 15) is 13.2 Å². The minimum atomic E-state index is -4.34. The van der Waals surface area contributed by atoms with Gasteiger partial charge in [0.2, 0.25) is 0 Å². The fraction of sp³-hybridized carbons (Fsp3) is 0.500. The summed E-state index contributed by atoms with van der Waals surface area (Å²) in [6.07, 6.45) is -3.43. The lowest BCUT2D eigenvalue weighted by Crippen LogP contribution is -2.48. The van der Waals surface area contributed by atoms with Crippen molar-refractivity contribution in [1.82, 2.24) is 14.7 Å². The third kappa shape index (κ3) is 8.32. The number of hydrogen-bond acceptors (Lipinski definition) is 5. The Balaban J connectivity index is 0.00000204. The van der Waals surface area contributed by atoms with Gasteiger partial charge in [0.05, 0.1) is 16.9 Å². The second-order valence-electron chi connectivity index (χ2n) is 8.74. The fourth-order valence-electron chi connectivity index (χ4n) is 4.28. The summed E-state index contributed by atoms with van der Waals surface area (Å²) >= 11 is 1.55. The molecule has 4 nitrogen and oxygen atoms in total. The third-order valence-electron chi connectivity index (χ3n) is 6.14. The van der Waals surface area contributed by atoms with Gasteiger partial charge in [-0.1, -0.05) is 23.9 Å². The minimum absolute atomic E-state index is 0. The summed E-state index contributed by atoms with van der Waals surface area (Å²) in [5, 5.41) is 0. The summed E-state index contributed by atoms with van der Waals surface area (Å²) in [5.41, 5.74) is 1.07. The molecule has 1 fully saturated rings. The Morgan fingerprint density at radius 1 is 0.800 bits per heavy atom. The lowest BCUT2D eigenvalue weighted by Gasteiger charge is -2.36. The molecule has 0 atom stereocenters. The van der Waals surface area contributed by atoms with E-state index in [2.05, 4.69) is 33.7 Å². The molecule has 2 aromatic rings. The first-order valence-electron chi connectivity index (χ1n) is 11.2. The van der Waals surface area contributed by atoms with Crippen molar-refractivity contribution < 1.29 is 13.2 Å². The fourth-order valence-corrected chi connectivity index (χ4v) is 5.35. The van der Waals surface area contributed by atoms with Crippen LogP contribution in [0.15, 0.2) is 52.3 Å². The predicted molar refractivity (Wildman–Crippen MR) is 147 cm³/mol. The van der Waals surface area contributed by atoms with Crippen molar-refractivity contribution in [2.24, 2.45) is 0 Å². The van der Waals surface area contributed by atoms with Crippen LogP contribution in [-0.4, -0.2) is 81.2 Å². The summed E-state index contributed by atoms with van der Waals surface area (Å²) in [7, 11) is 4.20. The van der Waals surface area contributed by atoms with E-state index in [1.165, 1.54) is 12.1 Å². The normalized spacial score (nSPS) is 16.0. The highest BCUT2D eigenvalue weighted by Crippen LogP contribution is 2.49. The molecule has 0 radical (unpaired) electrons. The second-order valence-corrected chi connectivity index (χ2v) is 9.83. The first kappa shape index (κ1) is 32.2. The SMILES string of the molecule is CN(C)CCN1CCN(CCCN2c3ccccc3Sc3ccc(C(F)(F)F)cc32)CC1.Cl.Cl.Cl. The Morgan fingerprint density at radius 2 is 1.40 bits per heavy atom. The molecular formula is C24H34Cl3F3N4S. The van der Waals surface area contributed by atoms with E-state index in [0.717, 1.165) is 67.7 Å². The average Bonchev–Trinajstić information content (AvgIpc) is 2.77. The highest BCUT2D eigenvalue weighted by molar-refractivity contribution is 7.99. The molecule has 0 amide bonds. The Kier molecular flexibility index (Phi) is 13.0. The molecular weight excluding hydrogens is 540 g/mol. The number of alkyl halides is 3.